The molecule has 0 unspecified atom stereocenters. The van der Waals surface area contributed by atoms with E-state index in [0.29, 0.717) is 0 Å². The lowest BCUT2D eigenvalue weighted by Gasteiger charge is -2.21. The quantitative estimate of drug-likeness (QED) is 0.0821. The lowest BCUT2D eigenvalue weighted by Crippen LogP contribution is -2.38. The van der Waals surface area contributed by atoms with E-state index in [-0.39, 0.29) is 0 Å². The van der Waals surface area contributed by atoms with Gasteiger partial charge < -0.3 is 13.3 Å². The molecule has 26 aromatic carbocycles. The van der Waals surface area contributed by atoms with Gasteiger partial charge in [0.1, 0.15) is 33.5 Å². The van der Waals surface area contributed by atoms with Crippen molar-refractivity contribution in [1.82, 2.24) is 0 Å². The van der Waals surface area contributed by atoms with Crippen molar-refractivity contribution >= 4 is 208 Å². The Morgan fingerprint density at radius 1 is 0.137 bits per heavy atom. The lowest BCUT2D eigenvalue weighted by molar-refractivity contribution is 0.669. The molecule has 0 atom stereocenters. The van der Waals surface area contributed by atoms with Crippen molar-refractivity contribution in [3.63, 3.8) is 0 Å². The van der Waals surface area contributed by atoms with Gasteiger partial charge in [-0.05, 0) is 250 Å². The second kappa shape index (κ2) is 32.6. The van der Waals surface area contributed by atoms with Gasteiger partial charge in [0.25, 0.3) is 0 Å². The van der Waals surface area contributed by atoms with E-state index < -0.39 is 8.07 Å². The Kier molecular flexibility index (Phi) is 19.0. The molecule has 0 radical (unpaired) electrons. The standard InChI is InChI=1S/C50H30O.C49H36OSi.C36H22O/c1-3-17-33-31(14-1)16-13-26-37(33)47-38-21-7-9-23-40(38)48(41-24-10-8-22-39(41)47)44-29-28-42(50-49(44)43-25-11-12-27-46(43)51-50)45-30-32-15-2-4-18-34(32)35-19-5-6-20-36(35)45;1-51(2,3)45-30-29-34(33-18-6-7-19-35(33)45)41-27-28-43(48-42-24-12-13-26-44(42)50-49(41)48)47-39-22-10-8-20-37(39)46(38-21-9-11-23-40(38)47)36-25-14-16-31-15-4-5-17-32(31)36;1-2-13-24-23(11-1)12-9-19-25(24)34-26-14-3-5-16-28(26)35(29-17-6-4-15-27(29)34)31-20-10-22-33-36(31)30-18-7-8-21-32(30)37-33/h1-30H;4-30H,1-3H3;1-22H. The van der Waals surface area contributed by atoms with Crippen molar-refractivity contribution in [3.05, 3.63) is 479 Å². The molecule has 3 nitrogen and oxygen atoms in total. The predicted molar refractivity (Wildman–Crippen MR) is 598 cm³/mol. The second-order valence-corrected chi connectivity index (χ2v) is 43.0. The first-order chi connectivity index (χ1) is 68.7. The van der Waals surface area contributed by atoms with Crippen molar-refractivity contribution < 1.29 is 13.3 Å². The molecule has 0 aliphatic heterocycles. The molecule has 3 aromatic heterocycles. The van der Waals surface area contributed by atoms with Gasteiger partial charge in [-0.3, -0.25) is 0 Å². The van der Waals surface area contributed by atoms with Crippen LogP contribution in [-0.2, 0) is 0 Å². The van der Waals surface area contributed by atoms with Crippen LogP contribution in [0, 0.1) is 0 Å². The molecule has 650 valence electrons. The van der Waals surface area contributed by atoms with E-state index in [1.54, 1.807) is 0 Å². The summed E-state index contributed by atoms with van der Waals surface area (Å²) in [5.74, 6) is 0. The minimum absolute atomic E-state index is 0.896. The number of fused-ring (bicyclic) bond motifs is 22. The van der Waals surface area contributed by atoms with Gasteiger partial charge >= 0.3 is 0 Å². The molecular formula is C135H88O3Si. The number of furan rings is 3. The Labute approximate surface area is 803 Å². The molecule has 0 saturated carbocycles. The fraction of sp³-hybridized carbons (Fsp3) is 0.0222. The molecule has 139 heavy (non-hydrogen) atoms. The molecule has 4 heteroatoms. The van der Waals surface area contributed by atoms with Gasteiger partial charge in [-0.1, -0.05) is 462 Å². The van der Waals surface area contributed by atoms with Crippen molar-refractivity contribution in [2.24, 2.45) is 0 Å². The van der Waals surface area contributed by atoms with Crippen LogP contribution in [0.2, 0.25) is 19.6 Å². The van der Waals surface area contributed by atoms with E-state index >= 15 is 0 Å². The summed E-state index contributed by atoms with van der Waals surface area (Å²) in [7, 11) is -1.58. The van der Waals surface area contributed by atoms with Crippen molar-refractivity contribution in [1.29, 1.82) is 0 Å². The number of hydrogen-bond acceptors (Lipinski definition) is 3. The third kappa shape index (κ3) is 13.0. The van der Waals surface area contributed by atoms with Crippen LogP contribution in [0.3, 0.4) is 0 Å². The van der Waals surface area contributed by atoms with Crippen LogP contribution >= 0.6 is 0 Å². The summed E-state index contributed by atoms with van der Waals surface area (Å²) in [6, 6.07) is 174. The van der Waals surface area contributed by atoms with Gasteiger partial charge in [-0.25, -0.2) is 0 Å². The van der Waals surface area contributed by atoms with E-state index in [1.807, 2.05) is 6.07 Å². The molecule has 29 rings (SSSR count). The van der Waals surface area contributed by atoms with Crippen molar-refractivity contribution in [2.45, 2.75) is 19.6 Å². The summed E-state index contributed by atoms with van der Waals surface area (Å²) < 4.78 is 20.1. The lowest BCUT2D eigenvalue weighted by atomic mass is 9.83. The van der Waals surface area contributed by atoms with Gasteiger partial charge in [0.2, 0.25) is 0 Å². The van der Waals surface area contributed by atoms with Crippen LogP contribution in [0.15, 0.2) is 492 Å². The third-order valence-corrected chi connectivity index (χ3v) is 31.4. The first-order valence-electron chi connectivity index (χ1n) is 48.2. The summed E-state index contributed by atoms with van der Waals surface area (Å²) in [6.45, 7) is 7.29. The third-order valence-electron chi connectivity index (χ3n) is 29.3. The molecule has 3 heterocycles. The van der Waals surface area contributed by atoms with Crippen molar-refractivity contribution in [2.75, 3.05) is 0 Å². The number of rotatable bonds is 9. The first kappa shape index (κ1) is 81.1. The molecule has 0 bridgehead atoms. The average Bonchev–Trinajstić information content (AvgIpc) is 1.48. The van der Waals surface area contributed by atoms with E-state index in [1.165, 1.54) is 218 Å². The number of hydrogen-bond donors (Lipinski definition) is 0. The number of para-hydroxylation sites is 3. The van der Waals surface area contributed by atoms with E-state index in [0.717, 1.165) is 71.6 Å². The topological polar surface area (TPSA) is 39.4 Å². The summed E-state index contributed by atoms with van der Waals surface area (Å²) in [4.78, 5) is 0. The minimum Gasteiger partial charge on any atom is -0.456 e. The van der Waals surface area contributed by atoms with Crippen LogP contribution in [0.1, 0.15) is 0 Å². The maximum Gasteiger partial charge on any atom is 0.143 e. The Morgan fingerprint density at radius 3 is 0.755 bits per heavy atom. The molecule has 0 fully saturated rings. The molecule has 0 saturated heterocycles. The maximum absolute atomic E-state index is 6.93. The van der Waals surface area contributed by atoms with Crippen LogP contribution < -0.4 is 5.19 Å². The fourth-order valence-corrected chi connectivity index (χ4v) is 25.0. The zero-order valence-electron chi connectivity index (χ0n) is 76.8. The molecule has 0 N–H and O–H groups in total. The molecule has 29 aromatic rings. The Balaban J connectivity index is 0.000000106. The number of benzene rings is 26. The van der Waals surface area contributed by atoms with Gasteiger partial charge in [-0.15, -0.1) is 0 Å². The summed E-state index contributed by atoms with van der Waals surface area (Å²) in [6.07, 6.45) is 0. The zero-order chi connectivity index (χ0) is 92.1. The zero-order valence-corrected chi connectivity index (χ0v) is 77.8. The summed E-state index contributed by atoms with van der Waals surface area (Å²) >= 11 is 0. The molecule has 0 amide bonds. The Hall–Kier alpha value is -17.5. The monoisotopic (exact) mass is 1780 g/mol. The molecule has 0 aliphatic carbocycles. The normalized spacial score (nSPS) is 12.0. The Morgan fingerprint density at radius 2 is 0.374 bits per heavy atom. The predicted octanol–water partition coefficient (Wildman–Crippen LogP) is 38.5. The highest BCUT2D eigenvalue weighted by Gasteiger charge is 2.30. The molecule has 0 spiro atoms. The summed E-state index contributed by atoms with van der Waals surface area (Å²) in [5, 5.41) is 38.5. The SMILES string of the molecule is C[Si](C)(C)c1ccc(-c2ccc(-c3c4ccccc4c(-c4cccc5ccccc45)c4ccccc34)c3c2oc2ccccc23)c2ccccc12.c1ccc2c(-c3c4ccccc4c(-c4ccc(-c5cc6ccccc6c6ccccc56)c5oc6ccccc6c45)c4ccccc34)cccc2c1.c1ccc2c(-c3c4ccccc4c(-c4cccc5oc6ccccc6c45)c4ccccc34)cccc2c1. The van der Waals surface area contributed by atoms with Gasteiger partial charge in [-0.2, -0.15) is 0 Å². The van der Waals surface area contributed by atoms with E-state index in [2.05, 4.69) is 493 Å². The van der Waals surface area contributed by atoms with Crippen LogP contribution in [0.4, 0.5) is 0 Å². The van der Waals surface area contributed by atoms with Crippen LogP contribution in [0.25, 0.3) is 284 Å². The Bertz CT molecular complexity index is 9990. The smallest absolute Gasteiger partial charge is 0.143 e. The summed E-state index contributed by atoms with van der Waals surface area (Å²) in [5.41, 5.74) is 25.1. The maximum atomic E-state index is 6.93. The highest BCUT2D eigenvalue weighted by Crippen LogP contribution is 2.55. The molecule has 0 aliphatic rings. The average molecular weight is 1790 g/mol. The largest absolute Gasteiger partial charge is 0.456 e. The van der Waals surface area contributed by atoms with Crippen molar-refractivity contribution in [3.8, 4) is 89.0 Å². The van der Waals surface area contributed by atoms with Gasteiger partial charge in [0.15, 0.2) is 0 Å². The first-order valence-corrected chi connectivity index (χ1v) is 51.7. The van der Waals surface area contributed by atoms with Gasteiger partial charge in [0.05, 0.1) is 8.07 Å². The van der Waals surface area contributed by atoms with E-state index in [9.17, 15) is 0 Å². The molecular weight excluding hydrogens is 1700 g/mol. The highest BCUT2D eigenvalue weighted by molar-refractivity contribution is 6.90. The fourth-order valence-electron chi connectivity index (χ4n) is 23.4. The highest BCUT2D eigenvalue weighted by atomic mass is 28.3. The minimum atomic E-state index is -1.58. The van der Waals surface area contributed by atoms with Crippen LogP contribution in [-0.4, -0.2) is 8.07 Å². The van der Waals surface area contributed by atoms with Crippen LogP contribution in [0.5, 0.6) is 0 Å². The van der Waals surface area contributed by atoms with Gasteiger partial charge in [0, 0.05) is 43.4 Å². The second-order valence-electron chi connectivity index (χ2n) is 38.0. The van der Waals surface area contributed by atoms with E-state index in [4.69, 9.17) is 13.3 Å².